The quantitative estimate of drug-likeness (QED) is 0.631. The van der Waals surface area contributed by atoms with Crippen molar-refractivity contribution < 1.29 is 18.7 Å². The molecule has 2 aliphatic rings. The number of nitrogens with zero attached hydrogens (tertiary/aromatic N) is 4. The van der Waals surface area contributed by atoms with Crippen LogP contribution in [0, 0.1) is 0 Å². The number of imide groups is 1. The minimum atomic E-state index is -1.34. The van der Waals surface area contributed by atoms with Crippen LogP contribution in [-0.2, 0) is 21.6 Å². The van der Waals surface area contributed by atoms with E-state index in [1.807, 2.05) is 65.6 Å². The normalized spacial score (nSPS) is 18.3. The van der Waals surface area contributed by atoms with E-state index in [1.165, 1.54) is 4.90 Å². The molecule has 1 N–H and O–H groups in total. The number of amides is 3. The summed E-state index contributed by atoms with van der Waals surface area (Å²) in [6.07, 6.45) is 0. The average molecular weight is 419 g/mol. The first-order chi connectivity index (χ1) is 15.2. The van der Waals surface area contributed by atoms with E-state index < -0.39 is 17.5 Å². The van der Waals surface area contributed by atoms with E-state index in [4.69, 9.17) is 9.15 Å². The van der Waals surface area contributed by atoms with Gasteiger partial charge in [0.2, 0.25) is 5.89 Å². The monoisotopic (exact) mass is 419 g/mol. The fourth-order valence-electron chi connectivity index (χ4n) is 4.15. The maximum Gasteiger partial charge on any atom is 0.326 e. The molecular weight excluding hydrogens is 398 g/mol. The highest BCUT2D eigenvalue weighted by atomic mass is 16.5. The fraction of sp³-hybridized carbons (Fsp3) is 0.273. The molecule has 0 spiro atoms. The minimum Gasteiger partial charge on any atom is -0.406 e. The van der Waals surface area contributed by atoms with E-state index in [1.54, 1.807) is 0 Å². The summed E-state index contributed by atoms with van der Waals surface area (Å²) in [6.45, 7) is 2.47. The zero-order valence-corrected chi connectivity index (χ0v) is 16.7. The third-order valence-corrected chi connectivity index (χ3v) is 5.61. The first kappa shape index (κ1) is 19.3. The summed E-state index contributed by atoms with van der Waals surface area (Å²) in [7, 11) is 0. The molecule has 3 amide bonds. The van der Waals surface area contributed by atoms with Crippen LogP contribution in [0.25, 0.3) is 0 Å². The molecule has 0 radical (unpaired) electrons. The lowest BCUT2D eigenvalue weighted by atomic mass is 9.81. The van der Waals surface area contributed by atoms with Crippen LogP contribution < -0.4 is 10.2 Å². The van der Waals surface area contributed by atoms with Crippen LogP contribution in [0.1, 0.15) is 17.0 Å². The first-order valence-corrected chi connectivity index (χ1v) is 10.1. The van der Waals surface area contributed by atoms with Crippen LogP contribution in [0.4, 0.5) is 10.8 Å². The maximum atomic E-state index is 13.3. The molecular formula is C22H21N5O4. The number of morpholine rings is 1. The fourth-order valence-corrected chi connectivity index (χ4v) is 4.15. The molecule has 31 heavy (non-hydrogen) atoms. The van der Waals surface area contributed by atoms with Gasteiger partial charge in [0.25, 0.3) is 5.91 Å². The third kappa shape index (κ3) is 3.23. The standard InChI is InChI=1S/C22H21N5O4/c28-19-22(16-7-3-1-4-8-16,17-9-5-2-6-10-17)27(20(29)23-19)15-18-24-25-21(31-18)26-11-13-30-14-12-26/h1-10H,11-15H2,(H,23,28,29). The van der Waals surface area contributed by atoms with E-state index in [-0.39, 0.29) is 12.4 Å². The number of nitrogens with one attached hydrogen (secondary N) is 1. The number of carbonyl (C=O) groups excluding carboxylic acids is 2. The topological polar surface area (TPSA) is 101 Å². The minimum absolute atomic E-state index is 0.0152. The molecule has 2 saturated heterocycles. The van der Waals surface area contributed by atoms with Gasteiger partial charge in [-0.3, -0.25) is 15.0 Å². The number of aromatic nitrogens is 2. The Kier molecular flexibility index (Phi) is 4.87. The number of hydrogen-bond acceptors (Lipinski definition) is 7. The zero-order valence-electron chi connectivity index (χ0n) is 16.7. The Balaban J connectivity index is 1.55. The number of benzene rings is 2. The highest BCUT2D eigenvalue weighted by molar-refractivity contribution is 6.09. The summed E-state index contributed by atoms with van der Waals surface area (Å²) in [5, 5.41) is 10.7. The lowest BCUT2D eigenvalue weighted by Gasteiger charge is -2.35. The SMILES string of the molecule is O=C1NC(=O)C(c2ccccc2)(c2ccccc2)N1Cc1nnc(N2CCOCC2)o1. The first-order valence-electron chi connectivity index (χ1n) is 10.1. The zero-order chi connectivity index (χ0) is 21.3. The Morgan fingerprint density at radius 2 is 1.52 bits per heavy atom. The summed E-state index contributed by atoms with van der Waals surface area (Å²) in [4.78, 5) is 29.6. The molecule has 2 aromatic carbocycles. The Bertz CT molecular complexity index is 1040. The largest absolute Gasteiger partial charge is 0.406 e. The summed E-state index contributed by atoms with van der Waals surface area (Å²) in [6, 6.07) is 18.3. The van der Waals surface area contributed by atoms with Crippen molar-refractivity contribution >= 4 is 18.0 Å². The van der Waals surface area contributed by atoms with E-state index >= 15 is 0 Å². The number of urea groups is 1. The molecule has 3 heterocycles. The number of carbonyl (C=O) groups is 2. The molecule has 0 saturated carbocycles. The maximum absolute atomic E-state index is 13.3. The molecule has 5 rings (SSSR count). The molecule has 0 aliphatic carbocycles. The van der Waals surface area contributed by atoms with Crippen molar-refractivity contribution in [1.82, 2.24) is 20.4 Å². The summed E-state index contributed by atoms with van der Waals surface area (Å²) in [5.41, 5.74) is 0.0163. The van der Waals surface area contributed by atoms with Gasteiger partial charge in [-0.2, -0.15) is 0 Å². The molecule has 158 valence electrons. The molecule has 2 aliphatic heterocycles. The van der Waals surface area contributed by atoms with Gasteiger partial charge >= 0.3 is 12.0 Å². The predicted molar refractivity (Wildman–Crippen MR) is 110 cm³/mol. The van der Waals surface area contributed by atoms with Gasteiger partial charge in [0.1, 0.15) is 6.54 Å². The second kappa shape index (κ2) is 7.84. The summed E-state index contributed by atoms with van der Waals surface area (Å²) in [5.74, 6) is -0.162. The van der Waals surface area contributed by atoms with Crippen molar-refractivity contribution in [3.05, 3.63) is 77.7 Å². The molecule has 0 bridgehead atoms. The van der Waals surface area contributed by atoms with Crippen LogP contribution in [0.5, 0.6) is 0 Å². The van der Waals surface area contributed by atoms with Crippen LogP contribution in [0.2, 0.25) is 0 Å². The molecule has 2 fully saturated rings. The van der Waals surface area contributed by atoms with E-state index in [2.05, 4.69) is 15.5 Å². The smallest absolute Gasteiger partial charge is 0.326 e. The Morgan fingerprint density at radius 1 is 0.903 bits per heavy atom. The Labute approximate surface area is 178 Å². The molecule has 0 unspecified atom stereocenters. The van der Waals surface area contributed by atoms with Crippen LogP contribution in [0.3, 0.4) is 0 Å². The van der Waals surface area contributed by atoms with Gasteiger partial charge in [0.15, 0.2) is 5.54 Å². The summed E-state index contributed by atoms with van der Waals surface area (Å²) < 4.78 is 11.2. The number of rotatable bonds is 5. The second-order valence-corrected chi connectivity index (χ2v) is 7.37. The van der Waals surface area contributed by atoms with Gasteiger partial charge in [-0.1, -0.05) is 65.8 Å². The van der Waals surface area contributed by atoms with Gasteiger partial charge in [0.05, 0.1) is 13.2 Å². The van der Waals surface area contributed by atoms with E-state index in [9.17, 15) is 9.59 Å². The summed E-state index contributed by atoms with van der Waals surface area (Å²) >= 11 is 0. The van der Waals surface area contributed by atoms with E-state index in [0.29, 0.717) is 43.4 Å². The lowest BCUT2D eigenvalue weighted by molar-refractivity contribution is -0.125. The Hall–Kier alpha value is -3.72. The van der Waals surface area contributed by atoms with Gasteiger partial charge in [-0.15, -0.1) is 5.10 Å². The van der Waals surface area contributed by atoms with Crippen molar-refractivity contribution in [2.75, 3.05) is 31.2 Å². The van der Waals surface area contributed by atoms with Gasteiger partial charge in [-0.05, 0) is 11.1 Å². The molecule has 1 aromatic heterocycles. The van der Waals surface area contributed by atoms with Crippen LogP contribution >= 0.6 is 0 Å². The third-order valence-electron chi connectivity index (χ3n) is 5.61. The van der Waals surface area contributed by atoms with Crippen molar-refractivity contribution in [3.8, 4) is 0 Å². The van der Waals surface area contributed by atoms with Crippen molar-refractivity contribution in [1.29, 1.82) is 0 Å². The van der Waals surface area contributed by atoms with Gasteiger partial charge < -0.3 is 14.1 Å². The van der Waals surface area contributed by atoms with Gasteiger partial charge in [0, 0.05) is 13.1 Å². The second-order valence-electron chi connectivity index (χ2n) is 7.37. The van der Waals surface area contributed by atoms with Crippen LogP contribution in [-0.4, -0.2) is 53.3 Å². The number of ether oxygens (including phenoxy) is 1. The van der Waals surface area contributed by atoms with Crippen molar-refractivity contribution in [3.63, 3.8) is 0 Å². The molecule has 9 heteroatoms. The Morgan fingerprint density at radius 3 is 2.13 bits per heavy atom. The molecule has 3 aromatic rings. The molecule has 9 nitrogen and oxygen atoms in total. The number of hydrogen-bond donors (Lipinski definition) is 1. The van der Waals surface area contributed by atoms with Crippen molar-refractivity contribution in [2.45, 2.75) is 12.1 Å². The number of anilines is 1. The van der Waals surface area contributed by atoms with Crippen LogP contribution in [0.15, 0.2) is 65.1 Å². The van der Waals surface area contributed by atoms with Crippen molar-refractivity contribution in [2.24, 2.45) is 0 Å². The highest BCUT2D eigenvalue weighted by Crippen LogP contribution is 2.40. The average Bonchev–Trinajstić information content (AvgIpc) is 3.39. The lowest BCUT2D eigenvalue weighted by Crippen LogP contribution is -2.47. The van der Waals surface area contributed by atoms with Gasteiger partial charge in [-0.25, -0.2) is 4.79 Å². The predicted octanol–water partition coefficient (Wildman–Crippen LogP) is 1.90. The van der Waals surface area contributed by atoms with E-state index in [0.717, 1.165) is 0 Å². The highest BCUT2D eigenvalue weighted by Gasteiger charge is 2.55. The molecule has 0 atom stereocenters.